The van der Waals surface area contributed by atoms with Crippen LogP contribution in [0.25, 0.3) is 5.69 Å². The summed E-state index contributed by atoms with van der Waals surface area (Å²) >= 11 is 5.99. The Kier molecular flexibility index (Phi) is 3.41. The number of aromatic nitrogens is 2. The van der Waals surface area contributed by atoms with Gasteiger partial charge in [0, 0.05) is 12.2 Å². The number of hydrogen-bond acceptors (Lipinski definition) is 2. The lowest BCUT2D eigenvalue weighted by atomic mass is 10.0. The zero-order valence-electron chi connectivity index (χ0n) is 10.5. The van der Waals surface area contributed by atoms with Crippen molar-refractivity contribution in [3.8, 4) is 5.69 Å². The molecule has 2 aromatic rings. The monoisotopic (exact) mass is 267 g/mol. The molecule has 1 aromatic carbocycles. The van der Waals surface area contributed by atoms with Crippen LogP contribution in [0.1, 0.15) is 29.8 Å². The van der Waals surface area contributed by atoms with Crippen LogP contribution in [-0.2, 0) is 0 Å². The first-order valence-corrected chi connectivity index (χ1v) is 6.05. The van der Waals surface area contributed by atoms with Crippen molar-refractivity contribution >= 4 is 11.6 Å². The van der Waals surface area contributed by atoms with Crippen LogP contribution in [0.4, 0.5) is 4.39 Å². The number of halogens is 2. The summed E-state index contributed by atoms with van der Waals surface area (Å²) < 4.78 is 15.3. The van der Waals surface area contributed by atoms with Gasteiger partial charge in [0.05, 0.1) is 16.4 Å². The lowest BCUT2D eigenvalue weighted by Gasteiger charge is -2.14. The van der Waals surface area contributed by atoms with Crippen molar-refractivity contribution in [3.05, 3.63) is 46.0 Å². The molecule has 3 nitrogen and oxygen atoms in total. The predicted molar refractivity (Wildman–Crippen MR) is 70.6 cm³/mol. The van der Waals surface area contributed by atoms with E-state index < -0.39 is 0 Å². The van der Waals surface area contributed by atoms with Gasteiger partial charge in [0.1, 0.15) is 5.82 Å². The Bertz CT molecular complexity index is 571. The second-order valence-corrected chi connectivity index (χ2v) is 4.86. The van der Waals surface area contributed by atoms with Gasteiger partial charge in [-0.25, -0.2) is 9.07 Å². The van der Waals surface area contributed by atoms with Crippen LogP contribution < -0.4 is 5.73 Å². The van der Waals surface area contributed by atoms with Gasteiger partial charge in [-0.2, -0.15) is 5.10 Å². The topological polar surface area (TPSA) is 43.8 Å². The Balaban J connectivity index is 2.65. The fraction of sp³-hybridized carbons (Fsp3) is 0.308. The van der Waals surface area contributed by atoms with Crippen LogP contribution in [0.2, 0.25) is 5.02 Å². The maximum atomic E-state index is 13.6. The van der Waals surface area contributed by atoms with Gasteiger partial charge in [-0.3, -0.25) is 0 Å². The molecule has 0 bridgehead atoms. The zero-order valence-corrected chi connectivity index (χ0v) is 11.3. The van der Waals surface area contributed by atoms with E-state index in [-0.39, 0.29) is 11.9 Å². The van der Waals surface area contributed by atoms with Crippen LogP contribution in [0.5, 0.6) is 0 Å². The molecule has 0 radical (unpaired) electrons. The van der Waals surface area contributed by atoms with Crippen LogP contribution >= 0.6 is 11.6 Å². The Hall–Kier alpha value is -1.39. The van der Waals surface area contributed by atoms with Gasteiger partial charge >= 0.3 is 0 Å². The highest BCUT2D eigenvalue weighted by Crippen LogP contribution is 2.25. The minimum Gasteiger partial charge on any atom is -0.324 e. The first-order valence-electron chi connectivity index (χ1n) is 5.68. The number of benzene rings is 1. The zero-order chi connectivity index (χ0) is 13.4. The smallest absolute Gasteiger partial charge is 0.126 e. The highest BCUT2D eigenvalue weighted by molar-refractivity contribution is 6.31. The van der Waals surface area contributed by atoms with Gasteiger partial charge in [-0.1, -0.05) is 11.6 Å². The van der Waals surface area contributed by atoms with Crippen molar-refractivity contribution < 1.29 is 4.39 Å². The molecule has 2 rings (SSSR count). The number of hydrogen-bond donors (Lipinski definition) is 1. The molecular formula is C13H15ClFN3. The molecule has 0 amide bonds. The third kappa shape index (κ3) is 2.26. The van der Waals surface area contributed by atoms with Crippen LogP contribution in [-0.4, -0.2) is 9.78 Å². The summed E-state index contributed by atoms with van der Waals surface area (Å²) in [5.41, 5.74) is 8.63. The van der Waals surface area contributed by atoms with E-state index in [2.05, 4.69) is 5.10 Å². The van der Waals surface area contributed by atoms with Gasteiger partial charge in [-0.15, -0.1) is 0 Å². The molecule has 0 fully saturated rings. The van der Waals surface area contributed by atoms with Gasteiger partial charge in [0.2, 0.25) is 0 Å². The summed E-state index contributed by atoms with van der Waals surface area (Å²) in [6, 6.07) is 2.91. The van der Waals surface area contributed by atoms with E-state index in [1.807, 2.05) is 13.8 Å². The van der Waals surface area contributed by atoms with Crippen LogP contribution in [0.15, 0.2) is 18.3 Å². The molecule has 0 aliphatic rings. The summed E-state index contributed by atoms with van der Waals surface area (Å²) in [4.78, 5) is 0. The molecule has 1 heterocycles. The van der Waals surface area contributed by atoms with E-state index in [9.17, 15) is 4.39 Å². The van der Waals surface area contributed by atoms with Gasteiger partial charge in [-0.05, 0) is 44.0 Å². The number of nitrogens with zero attached hydrogens (tertiary/aromatic N) is 2. The van der Waals surface area contributed by atoms with E-state index in [0.29, 0.717) is 16.1 Å². The second-order valence-electron chi connectivity index (χ2n) is 4.46. The summed E-state index contributed by atoms with van der Waals surface area (Å²) in [5, 5.41) is 4.88. The van der Waals surface area contributed by atoms with E-state index in [1.54, 1.807) is 23.9 Å². The third-order valence-corrected chi connectivity index (χ3v) is 3.26. The third-order valence-electron chi connectivity index (χ3n) is 2.88. The molecule has 0 spiro atoms. The maximum absolute atomic E-state index is 13.6. The van der Waals surface area contributed by atoms with Crippen molar-refractivity contribution in [2.75, 3.05) is 0 Å². The summed E-state index contributed by atoms with van der Waals surface area (Å²) in [5.74, 6) is -0.263. The molecule has 5 heteroatoms. The molecule has 0 aliphatic heterocycles. The number of rotatable bonds is 2. The molecular weight excluding hydrogens is 253 g/mol. The molecule has 0 unspecified atom stereocenters. The molecule has 0 saturated heterocycles. The number of aryl methyl sites for hydroxylation is 2. The Morgan fingerprint density at radius 2 is 2.06 bits per heavy atom. The second kappa shape index (κ2) is 4.71. The Morgan fingerprint density at radius 1 is 1.39 bits per heavy atom. The van der Waals surface area contributed by atoms with Gasteiger partial charge in [0.25, 0.3) is 0 Å². The average molecular weight is 268 g/mol. The van der Waals surface area contributed by atoms with E-state index in [0.717, 1.165) is 11.4 Å². The van der Waals surface area contributed by atoms with E-state index in [1.165, 1.54) is 6.07 Å². The fourth-order valence-electron chi connectivity index (χ4n) is 1.81. The first-order chi connectivity index (χ1) is 8.40. The van der Waals surface area contributed by atoms with Gasteiger partial charge < -0.3 is 5.73 Å². The molecule has 96 valence electrons. The average Bonchev–Trinajstić information content (AvgIpc) is 2.62. The SMILES string of the molecule is Cc1cc(-n2cc(Cl)c(C)n2)c([C@@H](C)N)cc1F. The fourth-order valence-corrected chi connectivity index (χ4v) is 1.94. The molecule has 18 heavy (non-hydrogen) atoms. The van der Waals surface area contributed by atoms with Crippen LogP contribution in [0.3, 0.4) is 0 Å². The van der Waals surface area contributed by atoms with Crippen molar-refractivity contribution in [1.82, 2.24) is 9.78 Å². The summed E-state index contributed by atoms with van der Waals surface area (Å²) in [6.45, 7) is 5.34. The Labute approximate surface area is 110 Å². The molecule has 2 N–H and O–H groups in total. The minimum atomic E-state index is -0.279. The maximum Gasteiger partial charge on any atom is 0.126 e. The standard InChI is InChI=1S/C13H15ClFN3/c1-7-4-13(10(8(2)16)5-12(7)15)18-6-11(14)9(3)17-18/h4-6,8H,16H2,1-3H3/t8-/m1/s1. The highest BCUT2D eigenvalue weighted by Gasteiger charge is 2.14. The lowest BCUT2D eigenvalue weighted by Crippen LogP contribution is -2.11. The van der Waals surface area contributed by atoms with E-state index in [4.69, 9.17) is 17.3 Å². The normalized spacial score (nSPS) is 12.8. The van der Waals surface area contributed by atoms with Crippen LogP contribution in [0, 0.1) is 19.7 Å². The summed E-state index contributed by atoms with van der Waals surface area (Å²) in [7, 11) is 0. The van der Waals surface area contributed by atoms with Crippen molar-refractivity contribution in [2.24, 2.45) is 5.73 Å². The largest absolute Gasteiger partial charge is 0.324 e. The Morgan fingerprint density at radius 3 is 2.56 bits per heavy atom. The van der Waals surface area contributed by atoms with E-state index >= 15 is 0 Å². The first kappa shape index (κ1) is 13.1. The minimum absolute atomic E-state index is 0.263. The molecule has 1 aromatic heterocycles. The number of nitrogens with two attached hydrogens (primary N) is 1. The summed E-state index contributed by atoms with van der Waals surface area (Å²) in [6.07, 6.45) is 1.70. The molecule has 1 atom stereocenters. The lowest BCUT2D eigenvalue weighted by molar-refractivity contribution is 0.611. The molecule has 0 aliphatic carbocycles. The van der Waals surface area contributed by atoms with Gasteiger partial charge in [0.15, 0.2) is 0 Å². The van der Waals surface area contributed by atoms with Crippen molar-refractivity contribution in [2.45, 2.75) is 26.8 Å². The molecule has 0 saturated carbocycles. The predicted octanol–water partition coefficient (Wildman–Crippen LogP) is 3.30. The quantitative estimate of drug-likeness (QED) is 0.907. The highest BCUT2D eigenvalue weighted by atomic mass is 35.5. The van der Waals surface area contributed by atoms with Crippen molar-refractivity contribution in [1.29, 1.82) is 0 Å². The van der Waals surface area contributed by atoms with Crippen molar-refractivity contribution in [3.63, 3.8) is 0 Å².